The first-order chi connectivity index (χ1) is 30.3. The lowest BCUT2D eigenvalue weighted by molar-refractivity contribution is -0.201. The van der Waals surface area contributed by atoms with E-state index >= 15 is 4.79 Å². The fraction of sp³-hybridized carbons (Fsp3) is 0.600. The number of Topliss-reactive ketones (excluding diaryl/α,β-unsaturated/α-hetero) is 2. The molecule has 0 radical (unpaired) electrons. The van der Waals surface area contributed by atoms with Crippen LogP contribution in [0.25, 0.3) is 0 Å². The summed E-state index contributed by atoms with van der Waals surface area (Å²) in [4.78, 5) is 52.4. The zero-order chi connectivity index (χ0) is 47.5. The van der Waals surface area contributed by atoms with E-state index in [1.165, 1.54) is 0 Å². The SMILES string of the molecule is C[C@H](N)C(=O)N[C@@H](C)C(=O)Cc1cccc(OCc2ccc([C@@H]3O[C@@H]4C[C@H]5[C@@H]6CCC7=CC(=O)C=C[C@]7(C)[C@H]6[C@@H](O)C[C@]5(C)[C@]4(C(=O)COP(=O)(OC(C)(C)C)OC(C)(C)C)O3)cc2)c1. The quantitative estimate of drug-likeness (QED) is 0.148. The van der Waals surface area contributed by atoms with Gasteiger partial charge in [-0.25, -0.2) is 4.57 Å². The molecule has 7 rings (SSSR count). The Hall–Kier alpha value is -3.85. The number of ketones is 3. The van der Waals surface area contributed by atoms with E-state index in [0.29, 0.717) is 24.2 Å². The Bertz CT molecular complexity index is 2260. The van der Waals surface area contributed by atoms with Crippen LogP contribution in [0.2, 0.25) is 0 Å². The summed E-state index contributed by atoms with van der Waals surface area (Å²) in [6, 6.07) is 13.3. The van der Waals surface area contributed by atoms with Crippen molar-refractivity contribution in [1.29, 1.82) is 0 Å². The number of allylic oxidation sites excluding steroid dienone is 4. The Morgan fingerprint density at radius 1 is 1.00 bits per heavy atom. The number of fused-ring (bicyclic) bond motifs is 7. The van der Waals surface area contributed by atoms with E-state index in [2.05, 4.69) is 12.2 Å². The van der Waals surface area contributed by atoms with E-state index in [9.17, 15) is 24.1 Å². The van der Waals surface area contributed by atoms with Crippen molar-refractivity contribution >= 4 is 31.1 Å². The Kier molecular flexibility index (Phi) is 13.6. The van der Waals surface area contributed by atoms with Crippen LogP contribution in [0.15, 0.2) is 72.3 Å². The Labute approximate surface area is 383 Å². The molecule has 354 valence electrons. The van der Waals surface area contributed by atoms with Crippen molar-refractivity contribution in [2.75, 3.05) is 6.61 Å². The van der Waals surface area contributed by atoms with E-state index in [0.717, 1.165) is 23.1 Å². The molecule has 2 aromatic carbocycles. The smallest absolute Gasteiger partial charge is 0.476 e. The van der Waals surface area contributed by atoms with Crippen molar-refractivity contribution in [2.24, 2.45) is 34.3 Å². The Morgan fingerprint density at radius 3 is 2.32 bits per heavy atom. The second kappa shape index (κ2) is 18.0. The Morgan fingerprint density at radius 2 is 1.68 bits per heavy atom. The van der Waals surface area contributed by atoms with Crippen LogP contribution in [0.3, 0.4) is 0 Å². The van der Waals surface area contributed by atoms with Gasteiger partial charge in [-0.15, -0.1) is 0 Å². The van der Waals surface area contributed by atoms with E-state index in [1.807, 2.05) is 49.4 Å². The molecule has 0 aromatic heterocycles. The van der Waals surface area contributed by atoms with E-state index < -0.39 is 84.3 Å². The van der Waals surface area contributed by atoms with Crippen LogP contribution in [-0.2, 0) is 59.8 Å². The number of ether oxygens (including phenoxy) is 3. The number of phosphoric ester groups is 1. The van der Waals surface area contributed by atoms with Crippen LogP contribution >= 0.6 is 7.82 Å². The van der Waals surface area contributed by atoms with Gasteiger partial charge in [0.25, 0.3) is 0 Å². The third-order valence-corrected chi connectivity index (χ3v) is 16.0. The number of hydrogen-bond acceptors (Lipinski definition) is 13. The largest absolute Gasteiger partial charge is 0.489 e. The van der Waals surface area contributed by atoms with Crippen molar-refractivity contribution in [3.05, 3.63) is 89.0 Å². The van der Waals surface area contributed by atoms with Crippen molar-refractivity contribution in [2.45, 2.75) is 155 Å². The zero-order valence-corrected chi connectivity index (χ0v) is 40.3. The number of aliphatic hydroxyl groups excluding tert-OH is 1. The molecule has 11 atom stereocenters. The first kappa shape index (κ1) is 49.1. The fourth-order valence-electron chi connectivity index (χ4n) is 11.2. The molecule has 1 heterocycles. The molecule has 15 heteroatoms. The minimum atomic E-state index is -4.30. The summed E-state index contributed by atoms with van der Waals surface area (Å²) in [6.45, 7) is 17.3. The lowest BCUT2D eigenvalue weighted by Crippen LogP contribution is -2.63. The molecule has 4 fully saturated rings. The van der Waals surface area contributed by atoms with E-state index in [1.54, 1.807) is 79.7 Å². The highest BCUT2D eigenvalue weighted by atomic mass is 31.2. The van der Waals surface area contributed by atoms with Gasteiger partial charge in [0.15, 0.2) is 29.2 Å². The predicted molar refractivity (Wildman–Crippen MR) is 242 cm³/mol. The van der Waals surface area contributed by atoms with Crippen LogP contribution in [0.1, 0.15) is 118 Å². The van der Waals surface area contributed by atoms with Gasteiger partial charge in [-0.3, -0.25) is 32.7 Å². The highest BCUT2D eigenvalue weighted by Crippen LogP contribution is 2.71. The third kappa shape index (κ3) is 9.93. The second-order valence-electron chi connectivity index (χ2n) is 21.1. The summed E-state index contributed by atoms with van der Waals surface area (Å²) >= 11 is 0. The van der Waals surface area contributed by atoms with Gasteiger partial charge in [0, 0.05) is 28.7 Å². The maximum Gasteiger partial charge on any atom is 0.476 e. The standard InChI is InChI=1S/C50H67N2O12P/c1-29(51)44(57)52-30(2)39(54)23-32-12-11-13-36(22-32)59-27-31-14-16-33(17-15-31)45-61-42-25-38-37-19-18-34-24-35(53)20-21-48(34,9)43(37)40(55)26-49(38,10)50(42,62-45)41(56)28-60-65(58,63-46(3,4)5)64-47(6,7)8/h11-17,20-22,24,29-30,37-38,40,42-43,45,55H,18-19,23,25-28,51H2,1-10H3,(H,52,57)/t29-,30-,37-,38-,40-,42+,43+,45+,48-,49-,50+/m0/s1. The number of nitrogens with two attached hydrogens (primary N) is 1. The van der Waals surface area contributed by atoms with Crippen molar-refractivity contribution in [1.82, 2.24) is 5.32 Å². The fourth-order valence-corrected chi connectivity index (χ4v) is 12.9. The molecule has 2 aromatic rings. The maximum atomic E-state index is 15.2. The average molecular weight is 919 g/mol. The van der Waals surface area contributed by atoms with Crippen LogP contribution in [0, 0.1) is 28.6 Å². The highest BCUT2D eigenvalue weighted by Gasteiger charge is 2.76. The molecule has 0 spiro atoms. The number of phosphoric acid groups is 1. The summed E-state index contributed by atoms with van der Waals surface area (Å²) in [5.74, 6) is -0.794. The molecule has 65 heavy (non-hydrogen) atoms. The minimum absolute atomic E-state index is 0.0119. The number of aliphatic hydroxyl groups is 1. The van der Waals surface area contributed by atoms with E-state index in [-0.39, 0.29) is 48.8 Å². The number of carbonyl (C=O) groups is 4. The third-order valence-electron chi connectivity index (χ3n) is 14.0. The summed E-state index contributed by atoms with van der Waals surface area (Å²) in [6.07, 6.45) is 5.00. The number of hydrogen-bond donors (Lipinski definition) is 3. The molecule has 1 amide bonds. The zero-order valence-electron chi connectivity index (χ0n) is 39.4. The number of nitrogens with one attached hydrogen (secondary N) is 1. The maximum absolute atomic E-state index is 15.2. The molecule has 0 unspecified atom stereocenters. The van der Waals surface area contributed by atoms with Gasteiger partial charge in [-0.2, -0.15) is 0 Å². The van der Waals surface area contributed by atoms with Gasteiger partial charge < -0.3 is 30.4 Å². The van der Waals surface area contributed by atoms with Crippen molar-refractivity contribution < 1.29 is 56.6 Å². The molecular formula is C50H67N2O12P. The molecular weight excluding hydrogens is 852 g/mol. The predicted octanol–water partition coefficient (Wildman–Crippen LogP) is 7.59. The van der Waals surface area contributed by atoms with Crippen molar-refractivity contribution in [3.63, 3.8) is 0 Å². The monoisotopic (exact) mass is 918 g/mol. The highest BCUT2D eigenvalue weighted by molar-refractivity contribution is 7.48. The van der Waals surface area contributed by atoms with Gasteiger partial charge in [0.05, 0.1) is 35.5 Å². The first-order valence-corrected chi connectivity index (χ1v) is 24.3. The van der Waals surface area contributed by atoms with Gasteiger partial charge in [0.2, 0.25) is 5.91 Å². The van der Waals surface area contributed by atoms with E-state index in [4.69, 9.17) is 33.5 Å². The summed E-state index contributed by atoms with van der Waals surface area (Å²) < 4.78 is 51.9. The number of benzene rings is 2. The molecule has 1 aliphatic heterocycles. The minimum Gasteiger partial charge on any atom is -0.489 e. The molecule has 1 saturated heterocycles. The lowest BCUT2D eigenvalue weighted by atomic mass is 9.46. The average Bonchev–Trinajstić information content (AvgIpc) is 3.71. The number of carbonyl (C=O) groups excluding carboxylic acids is 4. The molecule has 4 aliphatic carbocycles. The first-order valence-electron chi connectivity index (χ1n) is 22.8. The van der Waals surface area contributed by atoms with Crippen LogP contribution in [-0.4, -0.2) is 76.1 Å². The number of rotatable bonds is 15. The van der Waals surface area contributed by atoms with Crippen LogP contribution < -0.4 is 15.8 Å². The lowest BCUT2D eigenvalue weighted by Gasteiger charge is -2.59. The topological polar surface area (TPSA) is 199 Å². The second-order valence-corrected chi connectivity index (χ2v) is 22.7. The van der Waals surface area contributed by atoms with Gasteiger partial charge >= 0.3 is 7.82 Å². The summed E-state index contributed by atoms with van der Waals surface area (Å²) in [7, 11) is -4.30. The van der Waals surface area contributed by atoms with Crippen LogP contribution in [0.4, 0.5) is 0 Å². The normalized spacial score (nSPS) is 31.8. The Balaban J connectivity index is 1.11. The van der Waals surface area contributed by atoms with Gasteiger partial charge in [-0.1, -0.05) is 61.9 Å². The van der Waals surface area contributed by atoms with Gasteiger partial charge in [-0.05, 0) is 128 Å². The van der Waals surface area contributed by atoms with Crippen molar-refractivity contribution in [3.8, 4) is 5.75 Å². The van der Waals surface area contributed by atoms with Crippen LogP contribution in [0.5, 0.6) is 5.75 Å². The molecule has 4 N–H and O–H groups in total. The summed E-state index contributed by atoms with van der Waals surface area (Å²) in [5.41, 5.74) is 4.02. The van der Waals surface area contributed by atoms with Gasteiger partial charge in [0.1, 0.15) is 19.0 Å². The summed E-state index contributed by atoms with van der Waals surface area (Å²) in [5, 5.41) is 14.9. The molecule has 14 nitrogen and oxygen atoms in total. The molecule has 5 aliphatic rings. The molecule has 3 saturated carbocycles. The molecule has 0 bridgehead atoms. The number of amides is 1.